The number of aromatic nitrogens is 3. The van der Waals surface area contributed by atoms with E-state index in [-0.39, 0.29) is 23.2 Å². The summed E-state index contributed by atoms with van der Waals surface area (Å²) in [6, 6.07) is 9.03. The van der Waals surface area contributed by atoms with Gasteiger partial charge in [-0.3, -0.25) is 9.89 Å². The molecule has 0 aliphatic rings. The molecule has 0 amide bonds. The van der Waals surface area contributed by atoms with Crippen LogP contribution in [0.3, 0.4) is 0 Å². The number of hydrogen-bond acceptors (Lipinski definition) is 6. The van der Waals surface area contributed by atoms with E-state index in [1.54, 1.807) is 18.2 Å². The van der Waals surface area contributed by atoms with Gasteiger partial charge in [-0.15, -0.1) is 0 Å². The van der Waals surface area contributed by atoms with Gasteiger partial charge in [-0.05, 0) is 36.4 Å². The van der Waals surface area contributed by atoms with Crippen LogP contribution in [0.1, 0.15) is 16.4 Å². The molecule has 0 fully saturated rings. The molecule has 8 heteroatoms. The molecule has 6 nitrogen and oxygen atoms in total. The Morgan fingerprint density at radius 3 is 2.74 bits per heavy atom. The van der Waals surface area contributed by atoms with E-state index in [0.717, 1.165) is 11.0 Å². The van der Waals surface area contributed by atoms with Crippen molar-refractivity contribution < 1.29 is 18.7 Å². The Balaban J connectivity index is 1.72. The van der Waals surface area contributed by atoms with Crippen LogP contribution >= 0.6 is 11.8 Å². The number of nitrogens with one attached hydrogen (secondary N) is 1. The number of halogens is 1. The number of aliphatic hydroxyl groups excluding tert-OH is 1. The van der Waals surface area contributed by atoms with Gasteiger partial charge in [0.2, 0.25) is 5.78 Å². The molecule has 0 aliphatic carbocycles. The van der Waals surface area contributed by atoms with Crippen LogP contribution in [0.4, 0.5) is 4.39 Å². The number of carbonyl (C=O) groups excluding carboxylic acids is 1. The van der Waals surface area contributed by atoms with Crippen molar-refractivity contribution in [1.29, 1.82) is 0 Å². The van der Waals surface area contributed by atoms with E-state index in [0.29, 0.717) is 5.09 Å². The Morgan fingerprint density at radius 1 is 1.26 bits per heavy atom. The van der Waals surface area contributed by atoms with Gasteiger partial charge in [-0.2, -0.15) is 5.10 Å². The molecule has 2 N–H and O–H groups in total. The first-order valence-corrected chi connectivity index (χ1v) is 7.27. The minimum absolute atomic E-state index is 0.0701. The molecule has 3 rings (SSSR count). The van der Waals surface area contributed by atoms with Crippen molar-refractivity contribution >= 4 is 23.3 Å². The van der Waals surface area contributed by atoms with Crippen LogP contribution in [-0.4, -0.2) is 26.1 Å². The highest BCUT2D eigenvalue weighted by molar-refractivity contribution is 7.99. The number of aromatic amines is 1. The molecule has 116 valence electrons. The summed E-state index contributed by atoms with van der Waals surface area (Å²) in [5.74, 6) is -1.01. The van der Waals surface area contributed by atoms with Gasteiger partial charge in [-0.1, -0.05) is 11.8 Å². The van der Waals surface area contributed by atoms with E-state index in [2.05, 4.69) is 15.2 Å². The van der Waals surface area contributed by atoms with Crippen LogP contribution in [0.15, 0.2) is 63.2 Å². The molecule has 2 aromatic heterocycles. The van der Waals surface area contributed by atoms with Crippen molar-refractivity contribution in [3.63, 3.8) is 0 Å². The molecule has 0 saturated heterocycles. The summed E-state index contributed by atoms with van der Waals surface area (Å²) >= 11 is 1.25. The smallest absolute Gasteiger partial charge is 0.224 e. The molecule has 2 heterocycles. The normalized spacial score (nSPS) is 11.6. The van der Waals surface area contributed by atoms with Crippen LogP contribution < -0.4 is 0 Å². The zero-order valence-corrected chi connectivity index (χ0v) is 12.4. The topological polar surface area (TPSA) is 92.0 Å². The molecule has 1 aromatic carbocycles. The number of carbonyl (C=O) groups is 1. The molecule has 0 unspecified atom stereocenters. The first kappa shape index (κ1) is 15.0. The minimum Gasteiger partial charge on any atom is -0.504 e. The van der Waals surface area contributed by atoms with Gasteiger partial charge in [0.05, 0.1) is 0 Å². The second-order valence-electron chi connectivity index (χ2n) is 4.40. The summed E-state index contributed by atoms with van der Waals surface area (Å²) in [5.41, 5.74) is 0. The maximum Gasteiger partial charge on any atom is 0.224 e. The molecule has 0 radical (unpaired) electrons. The molecular formula is C15H10FN3O3S. The van der Waals surface area contributed by atoms with Crippen LogP contribution in [0, 0.1) is 5.82 Å². The monoisotopic (exact) mass is 331 g/mol. The van der Waals surface area contributed by atoms with Crippen molar-refractivity contribution in [3.8, 4) is 0 Å². The average molecular weight is 331 g/mol. The number of nitrogens with zero attached hydrogens (tertiary/aromatic N) is 2. The predicted molar refractivity (Wildman–Crippen MR) is 80.6 cm³/mol. The van der Waals surface area contributed by atoms with Gasteiger partial charge in [0.1, 0.15) is 12.1 Å². The lowest BCUT2D eigenvalue weighted by atomic mass is 10.2. The van der Waals surface area contributed by atoms with Gasteiger partial charge in [0.15, 0.2) is 22.4 Å². The van der Waals surface area contributed by atoms with E-state index < -0.39 is 5.78 Å². The SMILES string of the molecule is O=C(C=C(O)c1ncn[nH]1)c1ccc(Sc2ccc(F)cc2)o1. The number of ketones is 1. The molecule has 23 heavy (non-hydrogen) atoms. The lowest BCUT2D eigenvalue weighted by Crippen LogP contribution is -1.95. The quantitative estimate of drug-likeness (QED) is 0.422. The van der Waals surface area contributed by atoms with E-state index in [1.165, 1.54) is 36.3 Å². The highest BCUT2D eigenvalue weighted by Crippen LogP contribution is 2.29. The Bertz CT molecular complexity index is 841. The standard InChI is InChI=1S/C15H10FN3O3S/c16-9-1-3-10(4-2-9)23-14-6-5-13(22-14)11(20)7-12(21)15-17-8-18-19-15/h1-8,21H,(H,17,18,19). The average Bonchev–Trinajstić information content (AvgIpc) is 3.21. The van der Waals surface area contributed by atoms with Crippen LogP contribution in [0.2, 0.25) is 0 Å². The zero-order valence-electron chi connectivity index (χ0n) is 11.6. The molecule has 0 saturated carbocycles. The van der Waals surface area contributed by atoms with Crippen molar-refractivity contribution in [2.24, 2.45) is 0 Å². The Kier molecular flexibility index (Phi) is 4.24. The fourth-order valence-electron chi connectivity index (χ4n) is 1.72. The van der Waals surface area contributed by atoms with Crippen molar-refractivity contribution in [2.45, 2.75) is 9.99 Å². The minimum atomic E-state index is -0.509. The van der Waals surface area contributed by atoms with Crippen molar-refractivity contribution in [3.05, 3.63) is 66.2 Å². The molecule has 3 aromatic rings. The Morgan fingerprint density at radius 2 is 2.04 bits per heavy atom. The Labute approximate surface area is 134 Å². The highest BCUT2D eigenvalue weighted by Gasteiger charge is 2.13. The Hall–Kier alpha value is -2.87. The predicted octanol–water partition coefficient (Wildman–Crippen LogP) is 3.47. The number of rotatable bonds is 5. The third-order valence-corrected chi connectivity index (χ3v) is 3.71. The summed E-state index contributed by atoms with van der Waals surface area (Å²) in [7, 11) is 0. The summed E-state index contributed by atoms with van der Waals surface area (Å²) < 4.78 is 18.3. The lowest BCUT2D eigenvalue weighted by molar-refractivity contribution is 0.101. The number of hydrogen-bond donors (Lipinski definition) is 2. The maximum absolute atomic E-state index is 12.9. The number of aliphatic hydroxyl groups is 1. The molecule has 0 bridgehead atoms. The van der Waals surface area contributed by atoms with Crippen LogP contribution in [0.25, 0.3) is 5.76 Å². The number of H-pyrrole nitrogens is 1. The van der Waals surface area contributed by atoms with Gasteiger partial charge in [0, 0.05) is 11.0 Å². The summed E-state index contributed by atoms with van der Waals surface area (Å²) in [4.78, 5) is 16.5. The molecular weight excluding hydrogens is 321 g/mol. The largest absolute Gasteiger partial charge is 0.504 e. The van der Waals surface area contributed by atoms with E-state index in [9.17, 15) is 14.3 Å². The lowest BCUT2D eigenvalue weighted by Gasteiger charge is -1.97. The summed E-state index contributed by atoms with van der Waals surface area (Å²) in [6.07, 6.45) is 2.21. The number of furan rings is 1. The third kappa shape index (κ3) is 3.67. The number of allylic oxidation sites excluding steroid dienone is 1. The first-order valence-electron chi connectivity index (χ1n) is 6.46. The maximum atomic E-state index is 12.9. The van der Waals surface area contributed by atoms with E-state index in [1.807, 2.05) is 0 Å². The second-order valence-corrected chi connectivity index (χ2v) is 5.48. The van der Waals surface area contributed by atoms with Gasteiger partial charge in [0.25, 0.3) is 0 Å². The first-order chi connectivity index (χ1) is 11.1. The van der Waals surface area contributed by atoms with Gasteiger partial charge in [-0.25, -0.2) is 9.37 Å². The van der Waals surface area contributed by atoms with Crippen molar-refractivity contribution in [2.75, 3.05) is 0 Å². The number of benzene rings is 1. The molecule has 0 spiro atoms. The van der Waals surface area contributed by atoms with Crippen LogP contribution in [0.5, 0.6) is 0 Å². The summed E-state index contributed by atoms with van der Waals surface area (Å²) in [6.45, 7) is 0. The third-order valence-electron chi connectivity index (χ3n) is 2.78. The van der Waals surface area contributed by atoms with Crippen LogP contribution in [-0.2, 0) is 0 Å². The highest BCUT2D eigenvalue weighted by atomic mass is 32.2. The zero-order chi connectivity index (χ0) is 16.2. The van der Waals surface area contributed by atoms with E-state index >= 15 is 0 Å². The van der Waals surface area contributed by atoms with Crippen molar-refractivity contribution in [1.82, 2.24) is 15.2 Å². The van der Waals surface area contributed by atoms with Gasteiger partial charge >= 0.3 is 0 Å². The van der Waals surface area contributed by atoms with Gasteiger partial charge < -0.3 is 9.52 Å². The second kappa shape index (κ2) is 6.49. The molecule has 0 aliphatic heterocycles. The fraction of sp³-hybridized carbons (Fsp3) is 0. The summed E-state index contributed by atoms with van der Waals surface area (Å²) in [5, 5.41) is 16.2. The molecule has 0 atom stereocenters. The fourth-order valence-corrected chi connectivity index (χ4v) is 2.49. The van der Waals surface area contributed by atoms with E-state index in [4.69, 9.17) is 4.42 Å².